The van der Waals surface area contributed by atoms with Crippen molar-refractivity contribution < 1.29 is 13.2 Å². The van der Waals surface area contributed by atoms with Gasteiger partial charge in [-0.2, -0.15) is 9.41 Å². The van der Waals surface area contributed by atoms with Gasteiger partial charge in [0.15, 0.2) is 0 Å². The number of hydrazone groups is 1. The van der Waals surface area contributed by atoms with Gasteiger partial charge in [0.25, 0.3) is 5.91 Å². The lowest BCUT2D eigenvalue weighted by Gasteiger charge is -2.21. The first-order valence-corrected chi connectivity index (χ1v) is 10.4. The number of amides is 1. The summed E-state index contributed by atoms with van der Waals surface area (Å²) in [5.74, 6) is -0.440. The molecule has 0 spiro atoms. The summed E-state index contributed by atoms with van der Waals surface area (Å²) in [6.07, 6.45) is 3.93. The molecule has 1 saturated carbocycles. The Labute approximate surface area is 159 Å². The molecular weight excluding hydrogens is 362 g/mol. The first kappa shape index (κ1) is 19.3. The van der Waals surface area contributed by atoms with Crippen LogP contribution in [0.5, 0.6) is 0 Å². The maximum atomic E-state index is 13.0. The SMILES string of the molecule is O=C(CN(Cc1ccccc1)S(=O)(=O)c1ccccc1)NN=C1CCCC1. The molecule has 2 aromatic carbocycles. The summed E-state index contributed by atoms with van der Waals surface area (Å²) in [6.45, 7) is -0.176. The van der Waals surface area contributed by atoms with E-state index in [9.17, 15) is 13.2 Å². The van der Waals surface area contributed by atoms with Crippen LogP contribution in [0.3, 0.4) is 0 Å². The van der Waals surface area contributed by atoms with Crippen LogP contribution >= 0.6 is 0 Å². The molecule has 0 bridgehead atoms. The van der Waals surface area contributed by atoms with E-state index in [1.54, 1.807) is 18.2 Å². The van der Waals surface area contributed by atoms with Gasteiger partial charge in [-0.05, 0) is 43.4 Å². The van der Waals surface area contributed by atoms with Crippen LogP contribution in [-0.4, -0.2) is 30.9 Å². The number of carbonyl (C=O) groups is 1. The fraction of sp³-hybridized carbons (Fsp3) is 0.300. The Hall–Kier alpha value is -2.51. The van der Waals surface area contributed by atoms with Crippen LogP contribution in [0.1, 0.15) is 31.2 Å². The highest BCUT2D eigenvalue weighted by Crippen LogP contribution is 2.18. The fourth-order valence-corrected chi connectivity index (χ4v) is 4.39. The molecule has 0 aliphatic heterocycles. The van der Waals surface area contributed by atoms with Crippen LogP contribution in [0.2, 0.25) is 0 Å². The molecule has 1 amide bonds. The summed E-state index contributed by atoms with van der Waals surface area (Å²) in [5.41, 5.74) is 4.28. The molecule has 0 radical (unpaired) electrons. The van der Waals surface area contributed by atoms with E-state index in [1.807, 2.05) is 30.3 Å². The molecule has 0 unspecified atom stereocenters. The monoisotopic (exact) mass is 385 g/mol. The summed E-state index contributed by atoms with van der Waals surface area (Å²) < 4.78 is 27.3. The smallest absolute Gasteiger partial charge is 0.255 e. The summed E-state index contributed by atoms with van der Waals surface area (Å²) >= 11 is 0. The molecule has 0 saturated heterocycles. The molecule has 142 valence electrons. The predicted molar refractivity (Wildman–Crippen MR) is 105 cm³/mol. The van der Waals surface area contributed by atoms with Gasteiger partial charge in [-0.1, -0.05) is 48.5 Å². The lowest BCUT2D eigenvalue weighted by atomic mass is 10.2. The number of nitrogens with one attached hydrogen (secondary N) is 1. The summed E-state index contributed by atoms with van der Waals surface area (Å²) in [6, 6.07) is 17.4. The number of rotatable bonds is 7. The van der Waals surface area contributed by atoms with E-state index in [1.165, 1.54) is 16.4 Å². The molecule has 0 heterocycles. The number of hydrogen-bond donors (Lipinski definition) is 1. The van der Waals surface area contributed by atoms with Gasteiger partial charge in [0, 0.05) is 12.3 Å². The van der Waals surface area contributed by atoms with Crippen LogP contribution in [0.15, 0.2) is 70.7 Å². The highest BCUT2D eigenvalue weighted by Gasteiger charge is 2.26. The zero-order chi connectivity index (χ0) is 19.1. The Kier molecular flexibility index (Phi) is 6.36. The average Bonchev–Trinajstić information content (AvgIpc) is 3.21. The largest absolute Gasteiger partial charge is 0.272 e. The van der Waals surface area contributed by atoms with Crippen LogP contribution in [0, 0.1) is 0 Å². The molecular formula is C20H23N3O3S. The molecule has 1 fully saturated rings. The molecule has 2 aromatic rings. The van der Waals surface area contributed by atoms with Crippen LogP contribution in [0.4, 0.5) is 0 Å². The average molecular weight is 385 g/mol. The molecule has 1 aliphatic carbocycles. The third-order valence-electron chi connectivity index (χ3n) is 4.42. The topological polar surface area (TPSA) is 78.8 Å². The van der Waals surface area contributed by atoms with Crippen molar-refractivity contribution in [3.8, 4) is 0 Å². The fourth-order valence-electron chi connectivity index (χ4n) is 2.99. The van der Waals surface area contributed by atoms with Crippen LogP contribution < -0.4 is 5.43 Å². The Morgan fingerprint density at radius 1 is 0.963 bits per heavy atom. The molecule has 6 nitrogen and oxygen atoms in total. The minimum Gasteiger partial charge on any atom is -0.272 e. The second kappa shape index (κ2) is 8.92. The normalized spacial score (nSPS) is 14.3. The number of hydrogen-bond acceptors (Lipinski definition) is 4. The van der Waals surface area contributed by atoms with Gasteiger partial charge in [0.2, 0.25) is 10.0 Å². The predicted octanol–water partition coefficient (Wildman–Crippen LogP) is 2.92. The van der Waals surface area contributed by atoms with Crippen LogP contribution in [-0.2, 0) is 21.4 Å². The van der Waals surface area contributed by atoms with Crippen molar-refractivity contribution in [2.45, 2.75) is 37.1 Å². The second-order valence-electron chi connectivity index (χ2n) is 6.49. The van der Waals surface area contributed by atoms with Crippen molar-refractivity contribution in [3.05, 3.63) is 66.2 Å². The minimum atomic E-state index is -3.81. The Morgan fingerprint density at radius 2 is 1.56 bits per heavy atom. The van der Waals surface area contributed by atoms with Crippen molar-refractivity contribution in [1.82, 2.24) is 9.73 Å². The molecule has 0 aromatic heterocycles. The van der Waals surface area contributed by atoms with E-state index >= 15 is 0 Å². The van der Waals surface area contributed by atoms with E-state index in [0.29, 0.717) is 0 Å². The van der Waals surface area contributed by atoms with E-state index in [-0.39, 0.29) is 18.0 Å². The first-order valence-electron chi connectivity index (χ1n) is 8.99. The standard InChI is InChI=1S/C20H23N3O3S/c24-20(22-21-18-11-7-8-12-18)16-23(15-17-9-3-1-4-10-17)27(25,26)19-13-5-2-6-14-19/h1-6,9-10,13-14H,7-8,11-12,15-16H2,(H,22,24). The number of nitrogens with zero attached hydrogens (tertiary/aromatic N) is 2. The molecule has 0 atom stereocenters. The third kappa shape index (κ3) is 5.24. The van der Waals surface area contributed by atoms with Gasteiger partial charge >= 0.3 is 0 Å². The first-order chi connectivity index (χ1) is 13.1. The van der Waals surface area contributed by atoms with Gasteiger partial charge in [0.1, 0.15) is 0 Å². The van der Waals surface area contributed by atoms with E-state index in [2.05, 4.69) is 10.5 Å². The lowest BCUT2D eigenvalue weighted by molar-refractivity contribution is -0.121. The number of sulfonamides is 1. The second-order valence-corrected chi connectivity index (χ2v) is 8.43. The maximum Gasteiger partial charge on any atom is 0.255 e. The van der Waals surface area contributed by atoms with Crippen molar-refractivity contribution >= 4 is 21.6 Å². The Morgan fingerprint density at radius 3 is 2.19 bits per heavy atom. The van der Waals surface area contributed by atoms with Crippen molar-refractivity contribution in [2.75, 3.05) is 6.54 Å². The number of carbonyl (C=O) groups excluding carboxylic acids is 1. The molecule has 3 rings (SSSR count). The lowest BCUT2D eigenvalue weighted by Crippen LogP contribution is -2.39. The highest BCUT2D eigenvalue weighted by molar-refractivity contribution is 7.89. The van der Waals surface area contributed by atoms with Crippen molar-refractivity contribution in [1.29, 1.82) is 0 Å². The van der Waals surface area contributed by atoms with Gasteiger partial charge in [-0.3, -0.25) is 4.79 Å². The van der Waals surface area contributed by atoms with Gasteiger partial charge in [-0.15, -0.1) is 0 Å². The third-order valence-corrected chi connectivity index (χ3v) is 6.23. The molecule has 1 N–H and O–H groups in total. The van der Waals surface area contributed by atoms with E-state index < -0.39 is 15.9 Å². The van der Waals surface area contributed by atoms with Crippen molar-refractivity contribution in [3.63, 3.8) is 0 Å². The number of benzene rings is 2. The van der Waals surface area contributed by atoms with Crippen LogP contribution in [0.25, 0.3) is 0 Å². The maximum absolute atomic E-state index is 13.0. The molecule has 1 aliphatic rings. The molecule has 7 heteroatoms. The minimum absolute atomic E-state index is 0.113. The summed E-state index contributed by atoms with van der Waals surface area (Å²) in [7, 11) is -3.81. The highest BCUT2D eigenvalue weighted by atomic mass is 32.2. The Bertz CT molecular complexity index is 889. The summed E-state index contributed by atoms with van der Waals surface area (Å²) in [5, 5.41) is 4.13. The van der Waals surface area contributed by atoms with Gasteiger partial charge in [-0.25, -0.2) is 13.8 Å². The van der Waals surface area contributed by atoms with Gasteiger partial charge < -0.3 is 0 Å². The Balaban J connectivity index is 1.79. The quantitative estimate of drug-likeness (QED) is 0.744. The molecule has 27 heavy (non-hydrogen) atoms. The summed E-state index contributed by atoms with van der Waals surface area (Å²) in [4.78, 5) is 12.5. The van der Waals surface area contributed by atoms with E-state index in [4.69, 9.17) is 0 Å². The van der Waals surface area contributed by atoms with Crippen molar-refractivity contribution in [2.24, 2.45) is 5.10 Å². The zero-order valence-electron chi connectivity index (χ0n) is 15.0. The van der Waals surface area contributed by atoms with Gasteiger partial charge in [0.05, 0.1) is 11.4 Å². The zero-order valence-corrected chi connectivity index (χ0v) is 15.9. The van der Waals surface area contributed by atoms with E-state index in [0.717, 1.165) is 37.0 Å².